The van der Waals surface area contributed by atoms with Crippen molar-refractivity contribution in [2.75, 3.05) is 14.2 Å². The van der Waals surface area contributed by atoms with Crippen LogP contribution in [0.3, 0.4) is 0 Å². The number of aliphatic imine (C=N–C) groups is 2. The van der Waals surface area contributed by atoms with Crippen LogP contribution in [-0.2, 0) is 67.5 Å². The molecule has 84 heavy (non-hydrogen) atoms. The minimum atomic E-state index is -0.267. The van der Waals surface area contributed by atoms with E-state index in [1.807, 2.05) is 115 Å². The molecule has 0 unspecified atom stereocenters. The second-order valence-electron chi connectivity index (χ2n) is 21.4. The summed E-state index contributed by atoms with van der Waals surface area (Å²) in [6.45, 7) is 0.706. The van der Waals surface area contributed by atoms with Crippen molar-refractivity contribution in [3.05, 3.63) is 192 Å². The molecule has 10 aromatic carbocycles. The summed E-state index contributed by atoms with van der Waals surface area (Å²) in [7, 11) is 3.29. The fourth-order valence-electron chi connectivity index (χ4n) is 12.4. The molecule has 4 atom stereocenters. The minimum Gasteiger partial charge on any atom is -2.00 e. The Morgan fingerprint density at radius 3 is 1.36 bits per heavy atom. The molecule has 2 N–H and O–H groups in total. The van der Waals surface area contributed by atoms with E-state index in [-0.39, 0.29) is 102 Å². The molecule has 0 amide bonds. The third kappa shape index (κ3) is 12.5. The fraction of sp³-hybridized carbons (Fsp3) is 0.229. The first-order chi connectivity index (χ1) is 39.3. The second-order valence-corrected chi connectivity index (χ2v) is 21.4. The van der Waals surface area contributed by atoms with Crippen LogP contribution in [0.5, 0.6) is 34.5 Å². The zero-order chi connectivity index (χ0) is 54.7. The van der Waals surface area contributed by atoms with E-state index in [0.29, 0.717) is 69.1 Å². The van der Waals surface area contributed by atoms with Gasteiger partial charge >= 0.3 is 43.4 Å². The number of ether oxygens (including phenoxy) is 2. The Balaban J connectivity index is 0.00000230. The molecular formula is C70H62N4O8Ti2. The van der Waals surface area contributed by atoms with Gasteiger partial charge in [0.2, 0.25) is 0 Å². The number of hydrogen-bond donors (Lipinski definition) is 2. The van der Waals surface area contributed by atoms with Crippen molar-refractivity contribution in [3.63, 3.8) is 0 Å². The standard InChI is InChI=1S/C70H66N4O6.2O.2Ti/c1-79-62-34-33-43-17-5-8-24-52(43)65(62)66-54-26-10-7-21-47(54)36-51(70(66)78)42-74-61-32-14-12-30-59(61)72-40-49-23-16-28-56(68(49)76)55-27-15-22-48(67(55)75)39-71-58-29-11-13-31-60(58)73-41-50-35-46-20-6-9-25-53(46)64(69(50)77)57-37-44-18-3-4-19-45(44)38-63(57)80-2;;;;/h3-10,15-28,33-40,58-61,73-78H,11-14,29-32,41-42H2,1-2H3;;;;/q;2*-2;2*+4/p-4/t58-,59-,60-,61-;;;;/m1..../s1. The molecule has 418 valence electrons. The molecule has 2 aliphatic carbocycles. The first-order valence-electron chi connectivity index (χ1n) is 28.0. The van der Waals surface area contributed by atoms with Gasteiger partial charge in [0.1, 0.15) is 11.5 Å². The molecule has 0 spiro atoms. The van der Waals surface area contributed by atoms with Gasteiger partial charge in [0.25, 0.3) is 0 Å². The molecule has 0 aromatic heterocycles. The molecule has 2 saturated carbocycles. The Bertz CT molecular complexity index is 4020. The van der Waals surface area contributed by atoms with Crippen LogP contribution in [0.25, 0.3) is 76.5 Å². The predicted octanol–water partition coefficient (Wildman–Crippen LogP) is 12.4. The number of benzene rings is 10. The van der Waals surface area contributed by atoms with E-state index in [0.717, 1.165) is 106 Å². The minimum absolute atomic E-state index is 0. The summed E-state index contributed by atoms with van der Waals surface area (Å²) >= 11 is 0. The Labute approximate surface area is 519 Å². The van der Waals surface area contributed by atoms with Crippen LogP contribution in [-0.4, -0.2) is 50.8 Å². The van der Waals surface area contributed by atoms with Gasteiger partial charge < -0.3 is 51.5 Å². The number of nitrogens with one attached hydrogen (secondary N) is 2. The number of fused-ring (bicyclic) bond motifs is 4. The number of hydrogen-bond acceptors (Lipinski definition) is 10. The van der Waals surface area contributed by atoms with Gasteiger partial charge in [0, 0.05) is 48.7 Å². The average Bonchev–Trinajstić information content (AvgIpc) is 3.41. The Morgan fingerprint density at radius 2 is 0.845 bits per heavy atom. The number of rotatable bonds is 15. The molecule has 2 aliphatic rings. The monoisotopic (exact) mass is 1180 g/mol. The van der Waals surface area contributed by atoms with Gasteiger partial charge in [-0.1, -0.05) is 200 Å². The van der Waals surface area contributed by atoms with Crippen molar-refractivity contribution in [3.8, 4) is 67.9 Å². The quantitative estimate of drug-likeness (QED) is 0.0741. The molecule has 2 fully saturated rings. The Kier molecular flexibility index (Phi) is 20.9. The van der Waals surface area contributed by atoms with Crippen LogP contribution in [0.2, 0.25) is 0 Å². The summed E-state index contributed by atoms with van der Waals surface area (Å²) in [6, 6.07) is 54.4. The van der Waals surface area contributed by atoms with Crippen molar-refractivity contribution < 1.29 is 84.3 Å². The summed E-state index contributed by atoms with van der Waals surface area (Å²) in [4.78, 5) is 10.1. The van der Waals surface area contributed by atoms with Crippen LogP contribution in [0.4, 0.5) is 0 Å². The van der Waals surface area contributed by atoms with E-state index in [2.05, 4.69) is 28.8 Å². The van der Waals surface area contributed by atoms with Crippen molar-refractivity contribution in [1.82, 2.24) is 10.6 Å². The maximum absolute atomic E-state index is 14.7. The van der Waals surface area contributed by atoms with Gasteiger partial charge in [-0.15, -0.1) is 0 Å². The van der Waals surface area contributed by atoms with E-state index in [1.165, 1.54) is 0 Å². The zero-order valence-corrected chi connectivity index (χ0v) is 50.0. The van der Waals surface area contributed by atoms with Gasteiger partial charge in [-0.3, -0.25) is 9.98 Å². The smallest absolute Gasteiger partial charge is 2.00 e. The summed E-state index contributed by atoms with van der Waals surface area (Å²) < 4.78 is 11.8. The topological polar surface area (TPSA) is 216 Å². The first-order valence-corrected chi connectivity index (χ1v) is 28.0. The first kappa shape index (κ1) is 62.7. The van der Waals surface area contributed by atoms with Gasteiger partial charge in [-0.2, -0.15) is 0 Å². The summed E-state index contributed by atoms with van der Waals surface area (Å²) in [5, 5.41) is 73.0. The number of nitrogens with zero attached hydrogens (tertiary/aromatic N) is 2. The van der Waals surface area contributed by atoms with E-state index >= 15 is 0 Å². The van der Waals surface area contributed by atoms with Gasteiger partial charge in [-0.25, -0.2) is 0 Å². The maximum atomic E-state index is 14.7. The molecule has 0 saturated heterocycles. The van der Waals surface area contributed by atoms with Gasteiger partial charge in [0.05, 0.1) is 26.3 Å². The normalized spacial score (nSPS) is 16.9. The Hall–Kier alpha value is -7.35. The van der Waals surface area contributed by atoms with Gasteiger partial charge in [0.15, 0.2) is 0 Å². The van der Waals surface area contributed by atoms with E-state index in [9.17, 15) is 20.4 Å². The average molecular weight is 1180 g/mol. The van der Waals surface area contributed by atoms with E-state index < -0.39 is 0 Å². The molecular weight excluding hydrogens is 1120 g/mol. The SMILES string of the molecule is COc1cc2ccccc2cc1-c1c([O-])c(CN[C@@H]2CCCC[C@H]2N=Cc2cccc(-c3cccc(C=N[C@@H]4CCCC[C@H]4NCc4cc5ccccc5c(-c5c(OC)ccc6ccccc56)c4[O-])c3[O-])c2[O-])cc2ccccc12.[O-2].[O-2].[Ti+4].[Ti+4]. The van der Waals surface area contributed by atoms with E-state index in [4.69, 9.17) is 19.5 Å². The van der Waals surface area contributed by atoms with E-state index in [1.54, 1.807) is 63.0 Å². The maximum Gasteiger partial charge on any atom is 4.00 e. The number of para-hydroxylation sites is 2. The predicted molar refractivity (Wildman–Crippen MR) is 319 cm³/mol. The molecule has 0 bridgehead atoms. The third-order valence-electron chi connectivity index (χ3n) is 16.6. The van der Waals surface area contributed by atoms with Crippen LogP contribution >= 0.6 is 0 Å². The molecule has 12 nitrogen and oxygen atoms in total. The van der Waals surface area contributed by atoms with Crippen molar-refractivity contribution in [1.29, 1.82) is 0 Å². The molecule has 12 rings (SSSR count). The molecule has 0 radical (unpaired) electrons. The molecule has 10 aromatic rings. The van der Waals surface area contributed by atoms with Crippen LogP contribution in [0.15, 0.2) is 180 Å². The van der Waals surface area contributed by atoms with Gasteiger partial charge in [-0.05, 0) is 131 Å². The van der Waals surface area contributed by atoms with Crippen molar-refractivity contribution >= 4 is 55.5 Å². The van der Waals surface area contributed by atoms with Crippen LogP contribution in [0, 0.1) is 0 Å². The largest absolute Gasteiger partial charge is 4.00 e. The molecule has 0 aliphatic heterocycles. The second kappa shape index (κ2) is 28.0. The fourth-order valence-corrected chi connectivity index (χ4v) is 12.4. The molecule has 0 heterocycles. The van der Waals surface area contributed by atoms with Crippen LogP contribution in [0.1, 0.15) is 73.6 Å². The third-order valence-corrected chi connectivity index (χ3v) is 16.6. The van der Waals surface area contributed by atoms with Crippen LogP contribution < -0.4 is 40.5 Å². The zero-order valence-electron chi connectivity index (χ0n) is 46.9. The Morgan fingerprint density at radius 1 is 0.417 bits per heavy atom. The number of methoxy groups -OCH3 is 2. The molecule has 14 heteroatoms. The van der Waals surface area contributed by atoms with Crippen molar-refractivity contribution in [2.24, 2.45) is 9.98 Å². The summed E-state index contributed by atoms with van der Waals surface area (Å²) in [5.41, 5.74) is 5.57. The summed E-state index contributed by atoms with van der Waals surface area (Å²) in [6.07, 6.45) is 10.8. The van der Waals surface area contributed by atoms with Crippen molar-refractivity contribution in [2.45, 2.75) is 88.6 Å². The summed E-state index contributed by atoms with van der Waals surface area (Å²) in [5.74, 6) is 0.677.